The van der Waals surface area contributed by atoms with Gasteiger partial charge < -0.3 is 10.4 Å². The van der Waals surface area contributed by atoms with Crippen molar-refractivity contribution < 1.29 is 19.5 Å². The molecular formula is C13H20N4O4. The van der Waals surface area contributed by atoms with E-state index in [-0.39, 0.29) is 12.8 Å². The predicted molar refractivity (Wildman–Crippen MR) is 74.6 cm³/mol. The van der Waals surface area contributed by atoms with Gasteiger partial charge in [0.05, 0.1) is 12.7 Å². The van der Waals surface area contributed by atoms with Crippen molar-refractivity contribution in [1.29, 1.82) is 0 Å². The van der Waals surface area contributed by atoms with E-state index >= 15 is 0 Å². The third-order valence-electron chi connectivity index (χ3n) is 2.69. The molecule has 0 saturated carbocycles. The summed E-state index contributed by atoms with van der Waals surface area (Å²) in [6.45, 7) is 2.81. The number of carboxylic acid groups (broad SMARTS) is 1. The molecule has 0 aliphatic rings. The lowest BCUT2D eigenvalue weighted by molar-refractivity contribution is -0.137. The van der Waals surface area contributed by atoms with Gasteiger partial charge in [-0.15, -0.1) is 0 Å². The average Bonchev–Trinajstić information content (AvgIpc) is 2.80. The SMILES string of the molecule is Cc1cnn(CCNC(=O)NC(=O)CCCCC(=O)O)c1. The Labute approximate surface area is 122 Å². The summed E-state index contributed by atoms with van der Waals surface area (Å²) < 4.78 is 1.70. The highest BCUT2D eigenvalue weighted by Gasteiger charge is 2.07. The van der Waals surface area contributed by atoms with Gasteiger partial charge in [-0.3, -0.25) is 19.6 Å². The van der Waals surface area contributed by atoms with Crippen LogP contribution in [-0.2, 0) is 16.1 Å². The van der Waals surface area contributed by atoms with E-state index in [1.54, 1.807) is 10.9 Å². The van der Waals surface area contributed by atoms with Gasteiger partial charge in [-0.25, -0.2) is 4.79 Å². The van der Waals surface area contributed by atoms with Crippen molar-refractivity contribution in [2.45, 2.75) is 39.2 Å². The Morgan fingerprint density at radius 1 is 1.29 bits per heavy atom. The van der Waals surface area contributed by atoms with Gasteiger partial charge in [0.2, 0.25) is 5.91 Å². The fourth-order valence-corrected chi connectivity index (χ4v) is 1.67. The van der Waals surface area contributed by atoms with Gasteiger partial charge in [0, 0.05) is 25.6 Å². The van der Waals surface area contributed by atoms with Gasteiger partial charge in [0.1, 0.15) is 0 Å². The largest absolute Gasteiger partial charge is 0.481 e. The molecule has 8 heteroatoms. The first-order valence-electron chi connectivity index (χ1n) is 6.76. The van der Waals surface area contributed by atoms with Crippen LogP contribution >= 0.6 is 0 Å². The van der Waals surface area contributed by atoms with Crippen molar-refractivity contribution in [1.82, 2.24) is 20.4 Å². The van der Waals surface area contributed by atoms with Gasteiger partial charge in [-0.1, -0.05) is 0 Å². The Morgan fingerprint density at radius 2 is 2.00 bits per heavy atom. The number of aliphatic carboxylic acids is 1. The molecule has 8 nitrogen and oxygen atoms in total. The molecule has 0 aliphatic heterocycles. The highest BCUT2D eigenvalue weighted by atomic mass is 16.4. The highest BCUT2D eigenvalue weighted by molar-refractivity contribution is 5.94. The number of amides is 3. The molecule has 1 aromatic rings. The number of aromatic nitrogens is 2. The normalized spacial score (nSPS) is 10.1. The number of aryl methyl sites for hydroxylation is 1. The monoisotopic (exact) mass is 296 g/mol. The molecule has 0 aromatic carbocycles. The second-order valence-electron chi connectivity index (χ2n) is 4.69. The molecule has 0 radical (unpaired) electrons. The molecule has 1 rings (SSSR count). The Bertz CT molecular complexity index is 498. The zero-order valence-corrected chi connectivity index (χ0v) is 12.0. The number of imide groups is 1. The number of hydrogen-bond acceptors (Lipinski definition) is 4. The first-order chi connectivity index (χ1) is 9.97. The van der Waals surface area contributed by atoms with Crippen LogP contribution in [0.4, 0.5) is 4.79 Å². The second kappa shape index (κ2) is 8.72. The van der Waals surface area contributed by atoms with E-state index in [9.17, 15) is 14.4 Å². The minimum absolute atomic E-state index is 0.0305. The van der Waals surface area contributed by atoms with Gasteiger partial charge >= 0.3 is 12.0 Å². The molecule has 0 atom stereocenters. The first kappa shape index (κ1) is 16.7. The Morgan fingerprint density at radius 3 is 2.62 bits per heavy atom. The lowest BCUT2D eigenvalue weighted by Crippen LogP contribution is -2.40. The van der Waals surface area contributed by atoms with Crippen molar-refractivity contribution in [3.63, 3.8) is 0 Å². The number of unbranched alkanes of at least 4 members (excludes halogenated alkanes) is 1. The average molecular weight is 296 g/mol. The van der Waals surface area contributed by atoms with E-state index in [0.717, 1.165) is 5.56 Å². The predicted octanol–water partition coefficient (Wildman–Crippen LogP) is 0.662. The van der Waals surface area contributed by atoms with Crippen LogP contribution in [0.2, 0.25) is 0 Å². The van der Waals surface area contributed by atoms with Crippen LogP contribution in [-0.4, -0.2) is 39.3 Å². The van der Waals surface area contributed by atoms with E-state index < -0.39 is 17.9 Å². The Hall–Kier alpha value is -2.38. The molecule has 116 valence electrons. The summed E-state index contributed by atoms with van der Waals surface area (Å²) in [5.74, 6) is -1.30. The number of carboxylic acids is 1. The maximum atomic E-state index is 11.4. The maximum absolute atomic E-state index is 11.4. The fraction of sp³-hybridized carbons (Fsp3) is 0.538. The standard InChI is InChI=1S/C13H20N4O4/c1-10-8-15-17(9-10)7-6-14-13(21)16-11(18)4-2-3-5-12(19)20/h8-9H,2-7H2,1H3,(H,19,20)(H2,14,16,18,21). The zero-order chi connectivity index (χ0) is 15.7. The number of carbonyl (C=O) groups is 3. The third kappa shape index (κ3) is 7.71. The summed E-state index contributed by atoms with van der Waals surface area (Å²) in [7, 11) is 0. The van der Waals surface area contributed by atoms with Crippen molar-refractivity contribution in [3.8, 4) is 0 Å². The molecule has 0 aliphatic carbocycles. The molecular weight excluding hydrogens is 276 g/mol. The van der Waals surface area contributed by atoms with Crippen LogP contribution in [0.5, 0.6) is 0 Å². The van der Waals surface area contributed by atoms with Crippen LogP contribution in [0.3, 0.4) is 0 Å². The number of hydrogen-bond donors (Lipinski definition) is 3. The van der Waals surface area contributed by atoms with Crippen molar-refractivity contribution in [2.24, 2.45) is 0 Å². The van der Waals surface area contributed by atoms with Gasteiger partial charge in [-0.2, -0.15) is 5.10 Å². The molecule has 0 spiro atoms. The molecule has 0 fully saturated rings. The molecule has 3 amide bonds. The minimum Gasteiger partial charge on any atom is -0.481 e. The molecule has 0 bridgehead atoms. The number of urea groups is 1. The van der Waals surface area contributed by atoms with Crippen LogP contribution in [0.25, 0.3) is 0 Å². The summed E-state index contributed by atoms with van der Waals surface area (Å²) in [6.07, 6.45) is 4.61. The van der Waals surface area contributed by atoms with Crippen LogP contribution in [0, 0.1) is 6.92 Å². The lowest BCUT2D eigenvalue weighted by atomic mass is 10.2. The summed E-state index contributed by atoms with van der Waals surface area (Å²) >= 11 is 0. The lowest BCUT2D eigenvalue weighted by Gasteiger charge is -2.06. The van der Waals surface area contributed by atoms with E-state index in [4.69, 9.17) is 5.11 Å². The molecule has 3 N–H and O–H groups in total. The van der Waals surface area contributed by atoms with Crippen LogP contribution in [0.15, 0.2) is 12.4 Å². The summed E-state index contributed by atoms with van der Waals surface area (Å²) in [6, 6.07) is -0.554. The third-order valence-corrected chi connectivity index (χ3v) is 2.69. The van der Waals surface area contributed by atoms with Crippen LogP contribution in [0.1, 0.15) is 31.2 Å². The zero-order valence-electron chi connectivity index (χ0n) is 12.0. The second-order valence-corrected chi connectivity index (χ2v) is 4.69. The quantitative estimate of drug-likeness (QED) is 0.610. The van der Waals surface area contributed by atoms with E-state index in [0.29, 0.717) is 25.9 Å². The number of nitrogens with zero attached hydrogens (tertiary/aromatic N) is 2. The first-order valence-corrected chi connectivity index (χ1v) is 6.76. The fourth-order valence-electron chi connectivity index (χ4n) is 1.67. The maximum Gasteiger partial charge on any atom is 0.321 e. The van der Waals surface area contributed by atoms with Gasteiger partial charge in [0.25, 0.3) is 0 Å². The topological polar surface area (TPSA) is 113 Å². The molecule has 1 aromatic heterocycles. The summed E-state index contributed by atoms with van der Waals surface area (Å²) in [5.41, 5.74) is 1.04. The summed E-state index contributed by atoms with van der Waals surface area (Å²) in [5, 5.41) is 17.3. The van der Waals surface area contributed by atoms with Gasteiger partial charge in [-0.05, 0) is 25.3 Å². The molecule has 21 heavy (non-hydrogen) atoms. The number of rotatable bonds is 8. The Balaban J connectivity index is 2.09. The molecule has 0 unspecified atom stereocenters. The van der Waals surface area contributed by atoms with Crippen molar-refractivity contribution in [3.05, 3.63) is 18.0 Å². The molecule has 0 saturated heterocycles. The van der Waals surface area contributed by atoms with Crippen molar-refractivity contribution >= 4 is 17.9 Å². The Kier molecular flexibility index (Phi) is 6.93. The number of carbonyl (C=O) groups excluding carboxylic acids is 2. The van der Waals surface area contributed by atoms with Crippen molar-refractivity contribution in [2.75, 3.05) is 6.54 Å². The van der Waals surface area contributed by atoms with E-state index in [1.165, 1.54) is 0 Å². The van der Waals surface area contributed by atoms with Crippen LogP contribution < -0.4 is 10.6 Å². The highest BCUT2D eigenvalue weighted by Crippen LogP contribution is 1.99. The van der Waals surface area contributed by atoms with Gasteiger partial charge in [0.15, 0.2) is 0 Å². The summed E-state index contributed by atoms with van der Waals surface area (Å²) in [4.78, 5) is 33.1. The van der Waals surface area contributed by atoms with E-state index in [2.05, 4.69) is 15.7 Å². The smallest absolute Gasteiger partial charge is 0.321 e. The minimum atomic E-state index is -0.887. The molecule has 1 heterocycles. The van der Waals surface area contributed by atoms with E-state index in [1.807, 2.05) is 13.1 Å². The number of nitrogens with one attached hydrogen (secondary N) is 2.